The summed E-state index contributed by atoms with van der Waals surface area (Å²) in [5.41, 5.74) is 0.957. The number of aryl methyl sites for hydroxylation is 1. The maximum Gasteiger partial charge on any atom is 0.248 e. The summed E-state index contributed by atoms with van der Waals surface area (Å²) in [6, 6.07) is 5.57. The zero-order chi connectivity index (χ0) is 18.2. The van der Waals surface area contributed by atoms with Crippen molar-refractivity contribution >= 4 is 23.4 Å². The fraction of sp³-hybridized carbons (Fsp3) is 0.556. The second kappa shape index (κ2) is 9.63. The summed E-state index contributed by atoms with van der Waals surface area (Å²) in [4.78, 5) is 25.9. The second-order valence-electron chi connectivity index (χ2n) is 6.14. The lowest BCUT2D eigenvalue weighted by atomic mass is 9.97. The average molecular weight is 369 g/mol. The van der Waals surface area contributed by atoms with Crippen LogP contribution >= 0.6 is 11.6 Å². The number of likely N-dealkylation sites (tertiary alicyclic amines) is 1. The third-order valence-electron chi connectivity index (χ3n) is 4.22. The van der Waals surface area contributed by atoms with Gasteiger partial charge in [-0.2, -0.15) is 0 Å². The number of carbonyl (C=O) groups is 2. The smallest absolute Gasteiger partial charge is 0.248 e. The molecule has 1 aliphatic rings. The highest BCUT2D eigenvalue weighted by Crippen LogP contribution is 2.27. The Labute approximate surface area is 153 Å². The molecule has 0 aliphatic carbocycles. The van der Waals surface area contributed by atoms with Crippen molar-refractivity contribution < 1.29 is 19.1 Å². The summed E-state index contributed by atoms with van der Waals surface area (Å²) < 4.78 is 10.5. The van der Waals surface area contributed by atoms with Gasteiger partial charge in [-0.3, -0.25) is 9.59 Å². The number of hydrogen-bond donors (Lipinski definition) is 1. The van der Waals surface area contributed by atoms with Crippen LogP contribution < -0.4 is 10.1 Å². The van der Waals surface area contributed by atoms with Crippen LogP contribution in [0.2, 0.25) is 5.02 Å². The molecule has 0 saturated carbocycles. The molecule has 0 aromatic heterocycles. The van der Waals surface area contributed by atoms with Crippen molar-refractivity contribution in [1.82, 2.24) is 10.2 Å². The Morgan fingerprint density at radius 1 is 1.40 bits per heavy atom. The molecule has 0 radical (unpaired) electrons. The number of ether oxygens (including phenoxy) is 2. The van der Waals surface area contributed by atoms with Crippen molar-refractivity contribution in [3.8, 4) is 5.75 Å². The normalized spacial score (nSPS) is 17.2. The number of rotatable bonds is 7. The molecular formula is C18H25ClN2O4. The molecule has 1 N–H and O–H groups in total. The van der Waals surface area contributed by atoms with E-state index >= 15 is 0 Å². The van der Waals surface area contributed by atoms with E-state index in [0.29, 0.717) is 37.0 Å². The Morgan fingerprint density at radius 3 is 2.92 bits per heavy atom. The van der Waals surface area contributed by atoms with Crippen molar-refractivity contribution in [2.24, 2.45) is 5.92 Å². The summed E-state index contributed by atoms with van der Waals surface area (Å²) >= 11 is 6.10. The number of halogens is 1. The third kappa shape index (κ3) is 5.61. The quantitative estimate of drug-likeness (QED) is 0.748. The molecule has 0 unspecified atom stereocenters. The van der Waals surface area contributed by atoms with Gasteiger partial charge in [-0.15, -0.1) is 0 Å². The zero-order valence-corrected chi connectivity index (χ0v) is 15.5. The van der Waals surface area contributed by atoms with Crippen molar-refractivity contribution in [2.45, 2.75) is 19.8 Å². The summed E-state index contributed by atoms with van der Waals surface area (Å²) in [6.07, 6.45) is 1.61. The standard InChI is InChI=1S/C18H25ClN2O4/c1-13-5-3-7-15(19)17(13)25-10-8-20-18(23)14-6-4-9-21(11-14)16(22)12-24-2/h3,5,7,14H,4,6,8-12H2,1-2H3,(H,20,23)/t14-/m1/s1. The van der Waals surface area contributed by atoms with Gasteiger partial charge in [0.2, 0.25) is 11.8 Å². The average Bonchev–Trinajstić information content (AvgIpc) is 2.61. The molecule has 1 atom stereocenters. The van der Waals surface area contributed by atoms with E-state index < -0.39 is 0 Å². The molecule has 6 nitrogen and oxygen atoms in total. The van der Waals surface area contributed by atoms with Gasteiger partial charge in [0.1, 0.15) is 19.0 Å². The number of methoxy groups -OCH3 is 1. The molecular weight excluding hydrogens is 344 g/mol. The van der Waals surface area contributed by atoms with Gasteiger partial charge in [-0.1, -0.05) is 23.7 Å². The fourth-order valence-corrected chi connectivity index (χ4v) is 3.18. The van der Waals surface area contributed by atoms with Gasteiger partial charge < -0.3 is 19.7 Å². The van der Waals surface area contributed by atoms with E-state index in [4.69, 9.17) is 21.1 Å². The first-order valence-electron chi connectivity index (χ1n) is 8.45. The number of benzene rings is 1. The molecule has 1 aromatic rings. The van der Waals surface area contributed by atoms with Crippen LogP contribution in [0.25, 0.3) is 0 Å². The monoisotopic (exact) mass is 368 g/mol. The van der Waals surface area contributed by atoms with Gasteiger partial charge >= 0.3 is 0 Å². The second-order valence-corrected chi connectivity index (χ2v) is 6.54. The Hall–Kier alpha value is -1.79. The van der Waals surface area contributed by atoms with Gasteiger partial charge in [0.25, 0.3) is 0 Å². The number of carbonyl (C=O) groups excluding carboxylic acids is 2. The first-order valence-corrected chi connectivity index (χ1v) is 8.83. The van der Waals surface area contributed by atoms with Gasteiger partial charge in [0, 0.05) is 20.2 Å². The molecule has 0 bridgehead atoms. The molecule has 1 saturated heterocycles. The number of piperidine rings is 1. The van der Waals surface area contributed by atoms with Gasteiger partial charge in [0.15, 0.2) is 0 Å². The molecule has 2 amide bonds. The van der Waals surface area contributed by atoms with Gasteiger partial charge in [-0.25, -0.2) is 0 Å². The van der Waals surface area contributed by atoms with E-state index in [1.807, 2.05) is 19.1 Å². The van der Waals surface area contributed by atoms with Crippen molar-refractivity contribution in [3.05, 3.63) is 28.8 Å². The lowest BCUT2D eigenvalue weighted by molar-refractivity contribution is -0.138. The predicted octanol–water partition coefficient (Wildman–Crippen LogP) is 2.03. The van der Waals surface area contributed by atoms with Crippen LogP contribution in [-0.4, -0.2) is 56.7 Å². The van der Waals surface area contributed by atoms with Crippen molar-refractivity contribution in [2.75, 3.05) is 40.0 Å². The molecule has 1 aliphatic heterocycles. The first kappa shape index (κ1) is 19.5. The Morgan fingerprint density at radius 2 is 2.20 bits per heavy atom. The molecule has 1 heterocycles. The lowest BCUT2D eigenvalue weighted by Gasteiger charge is -2.31. The molecule has 138 valence electrons. The summed E-state index contributed by atoms with van der Waals surface area (Å²) in [6.45, 7) is 3.84. The molecule has 0 spiro atoms. The topological polar surface area (TPSA) is 67.9 Å². The van der Waals surface area contributed by atoms with Crippen molar-refractivity contribution in [1.29, 1.82) is 0 Å². The van der Waals surface area contributed by atoms with E-state index in [1.165, 1.54) is 7.11 Å². The summed E-state index contributed by atoms with van der Waals surface area (Å²) in [5.74, 6) is 0.343. The first-order chi connectivity index (χ1) is 12.0. The highest BCUT2D eigenvalue weighted by atomic mass is 35.5. The van der Waals surface area contributed by atoms with E-state index in [-0.39, 0.29) is 24.3 Å². The highest BCUT2D eigenvalue weighted by Gasteiger charge is 2.28. The number of hydrogen-bond acceptors (Lipinski definition) is 4. The number of para-hydroxylation sites is 1. The minimum absolute atomic E-state index is 0.0469. The van der Waals surface area contributed by atoms with Crippen LogP contribution in [0.5, 0.6) is 5.75 Å². The van der Waals surface area contributed by atoms with Crippen molar-refractivity contribution in [3.63, 3.8) is 0 Å². The molecule has 7 heteroatoms. The fourth-order valence-electron chi connectivity index (χ4n) is 2.90. The number of nitrogens with one attached hydrogen (secondary N) is 1. The van der Waals surface area contributed by atoms with Crippen LogP contribution in [0, 0.1) is 12.8 Å². The third-order valence-corrected chi connectivity index (χ3v) is 4.52. The maximum atomic E-state index is 12.3. The van der Waals surface area contributed by atoms with Gasteiger partial charge in [0.05, 0.1) is 17.5 Å². The lowest BCUT2D eigenvalue weighted by Crippen LogP contribution is -2.47. The molecule has 1 fully saturated rings. The largest absolute Gasteiger partial charge is 0.490 e. The van der Waals surface area contributed by atoms with Gasteiger partial charge in [-0.05, 0) is 31.4 Å². The minimum atomic E-state index is -0.184. The Balaban J connectivity index is 1.75. The summed E-state index contributed by atoms with van der Waals surface area (Å²) in [5, 5.41) is 3.44. The Kier molecular flexibility index (Phi) is 7.52. The number of nitrogens with zero attached hydrogens (tertiary/aromatic N) is 1. The summed E-state index contributed by atoms with van der Waals surface area (Å²) in [7, 11) is 1.49. The molecule has 1 aromatic carbocycles. The zero-order valence-electron chi connectivity index (χ0n) is 14.7. The number of amides is 2. The van der Waals surface area contributed by atoms with Crippen LogP contribution in [0.15, 0.2) is 18.2 Å². The molecule has 2 rings (SSSR count). The van der Waals surface area contributed by atoms with Crippen LogP contribution in [-0.2, 0) is 14.3 Å². The maximum absolute atomic E-state index is 12.3. The minimum Gasteiger partial charge on any atom is -0.490 e. The van der Waals surface area contributed by atoms with E-state index in [1.54, 1.807) is 11.0 Å². The SMILES string of the molecule is COCC(=O)N1CCC[C@@H](C(=O)NCCOc2c(C)cccc2Cl)C1. The van der Waals surface area contributed by atoms with Crippen LogP contribution in [0.4, 0.5) is 0 Å². The highest BCUT2D eigenvalue weighted by molar-refractivity contribution is 6.32. The molecule has 25 heavy (non-hydrogen) atoms. The van der Waals surface area contributed by atoms with E-state index in [9.17, 15) is 9.59 Å². The van der Waals surface area contributed by atoms with E-state index in [0.717, 1.165) is 18.4 Å². The van der Waals surface area contributed by atoms with Crippen LogP contribution in [0.3, 0.4) is 0 Å². The van der Waals surface area contributed by atoms with Crippen LogP contribution in [0.1, 0.15) is 18.4 Å². The predicted molar refractivity (Wildman–Crippen MR) is 95.9 cm³/mol. The Bertz CT molecular complexity index is 588. The van der Waals surface area contributed by atoms with E-state index in [2.05, 4.69) is 5.32 Å².